The first-order valence-corrected chi connectivity index (χ1v) is 5.72. The number of rotatable bonds is 3. The highest BCUT2D eigenvalue weighted by molar-refractivity contribution is 5.37. The van der Waals surface area contributed by atoms with E-state index in [-0.39, 0.29) is 6.10 Å². The van der Waals surface area contributed by atoms with Crippen LogP contribution in [0.3, 0.4) is 0 Å². The van der Waals surface area contributed by atoms with Gasteiger partial charge in [0, 0.05) is 12.8 Å². The van der Waals surface area contributed by atoms with Gasteiger partial charge in [-0.15, -0.1) is 0 Å². The first-order valence-electron chi connectivity index (χ1n) is 5.72. The van der Waals surface area contributed by atoms with Crippen molar-refractivity contribution in [1.29, 1.82) is 0 Å². The van der Waals surface area contributed by atoms with Crippen LogP contribution in [0.1, 0.15) is 23.3 Å². The average Bonchev–Trinajstić information content (AvgIpc) is 2.94. The predicted molar refractivity (Wildman–Crippen MR) is 62.7 cm³/mol. The van der Waals surface area contributed by atoms with E-state index in [1.807, 2.05) is 18.2 Å². The minimum absolute atomic E-state index is 0.0739. The van der Waals surface area contributed by atoms with Crippen molar-refractivity contribution < 1.29 is 4.74 Å². The van der Waals surface area contributed by atoms with Crippen molar-refractivity contribution in [3.63, 3.8) is 0 Å². The molecule has 1 aliphatic heterocycles. The Morgan fingerprint density at radius 3 is 3.12 bits per heavy atom. The second-order valence-electron chi connectivity index (χ2n) is 4.10. The summed E-state index contributed by atoms with van der Waals surface area (Å²) in [6.45, 7) is 0.570. The van der Waals surface area contributed by atoms with E-state index >= 15 is 0 Å². The van der Waals surface area contributed by atoms with Crippen LogP contribution < -0.4 is 10.5 Å². The summed E-state index contributed by atoms with van der Waals surface area (Å²) in [7, 11) is 0. The van der Waals surface area contributed by atoms with Crippen LogP contribution in [0.5, 0.6) is 5.75 Å². The third-order valence-corrected chi connectivity index (χ3v) is 2.87. The molecule has 1 aromatic carbocycles. The molecule has 5 nitrogen and oxygen atoms in total. The summed E-state index contributed by atoms with van der Waals surface area (Å²) in [5, 5.41) is 7.07. The molecule has 1 atom stereocenters. The van der Waals surface area contributed by atoms with Gasteiger partial charge in [-0.05, 0) is 18.2 Å². The summed E-state index contributed by atoms with van der Waals surface area (Å²) in [6, 6.07) is 8.03. The normalized spacial score (nSPS) is 17.8. The van der Waals surface area contributed by atoms with E-state index < -0.39 is 0 Å². The number of nitrogens with two attached hydrogens (primary N) is 1. The Kier molecular flexibility index (Phi) is 2.53. The van der Waals surface area contributed by atoms with E-state index in [0.717, 1.165) is 18.0 Å². The number of fused-ring (bicyclic) bond motifs is 1. The van der Waals surface area contributed by atoms with Crippen LogP contribution >= 0.6 is 0 Å². The van der Waals surface area contributed by atoms with E-state index in [2.05, 4.69) is 21.2 Å². The van der Waals surface area contributed by atoms with Crippen LogP contribution in [0.15, 0.2) is 24.3 Å². The standard InChI is InChI=1S/C12H14N4O/c13-6-5-11-14-12(16-15-11)10-7-8-3-1-2-4-9(8)17-10/h1-4,10H,5-7,13H2,(H,14,15,16). The molecular formula is C12H14N4O. The number of aromatic nitrogens is 3. The molecule has 0 saturated carbocycles. The second kappa shape index (κ2) is 4.18. The summed E-state index contributed by atoms with van der Waals surface area (Å²) in [5.41, 5.74) is 6.68. The van der Waals surface area contributed by atoms with Crippen LogP contribution in [0.2, 0.25) is 0 Å². The van der Waals surface area contributed by atoms with E-state index in [4.69, 9.17) is 10.5 Å². The highest BCUT2D eigenvalue weighted by atomic mass is 16.5. The number of nitrogens with one attached hydrogen (secondary N) is 1. The summed E-state index contributed by atoms with van der Waals surface area (Å²) in [4.78, 5) is 4.39. The first-order chi connectivity index (χ1) is 8.36. The van der Waals surface area contributed by atoms with Gasteiger partial charge in [0.15, 0.2) is 11.9 Å². The number of hydrogen-bond acceptors (Lipinski definition) is 4. The molecule has 0 amide bonds. The zero-order chi connectivity index (χ0) is 11.7. The van der Waals surface area contributed by atoms with Gasteiger partial charge in [0.05, 0.1) is 0 Å². The van der Waals surface area contributed by atoms with Gasteiger partial charge in [0.25, 0.3) is 0 Å². The van der Waals surface area contributed by atoms with E-state index in [0.29, 0.717) is 18.8 Å². The number of benzene rings is 1. The summed E-state index contributed by atoms with van der Waals surface area (Å²) < 4.78 is 5.81. The van der Waals surface area contributed by atoms with E-state index in [9.17, 15) is 0 Å². The molecule has 2 heterocycles. The van der Waals surface area contributed by atoms with Gasteiger partial charge in [-0.25, -0.2) is 4.98 Å². The number of nitrogens with zero attached hydrogens (tertiary/aromatic N) is 2. The summed E-state index contributed by atoms with van der Waals surface area (Å²) in [5.74, 6) is 2.47. The van der Waals surface area contributed by atoms with Crippen molar-refractivity contribution in [2.75, 3.05) is 6.54 Å². The number of ether oxygens (including phenoxy) is 1. The van der Waals surface area contributed by atoms with Gasteiger partial charge in [-0.3, -0.25) is 5.10 Å². The van der Waals surface area contributed by atoms with Gasteiger partial charge in [-0.1, -0.05) is 18.2 Å². The van der Waals surface area contributed by atoms with E-state index in [1.54, 1.807) is 0 Å². The zero-order valence-electron chi connectivity index (χ0n) is 9.39. The maximum atomic E-state index is 5.81. The molecule has 17 heavy (non-hydrogen) atoms. The van der Waals surface area contributed by atoms with Gasteiger partial charge >= 0.3 is 0 Å². The van der Waals surface area contributed by atoms with Gasteiger partial charge in [-0.2, -0.15) is 5.10 Å². The van der Waals surface area contributed by atoms with Crippen LogP contribution in [0, 0.1) is 0 Å². The minimum Gasteiger partial charge on any atom is -0.482 e. The first kappa shape index (κ1) is 10.3. The molecule has 1 aromatic heterocycles. The molecule has 88 valence electrons. The van der Waals surface area contributed by atoms with Gasteiger partial charge < -0.3 is 10.5 Å². The fourth-order valence-electron chi connectivity index (χ4n) is 2.03. The largest absolute Gasteiger partial charge is 0.482 e. The number of para-hydroxylation sites is 1. The molecule has 0 aliphatic carbocycles. The highest BCUT2D eigenvalue weighted by Crippen LogP contribution is 2.34. The minimum atomic E-state index is -0.0739. The maximum absolute atomic E-state index is 5.81. The molecule has 0 spiro atoms. The lowest BCUT2D eigenvalue weighted by molar-refractivity contribution is 0.228. The zero-order valence-corrected chi connectivity index (χ0v) is 9.39. The predicted octanol–water partition coefficient (Wildman–Crippen LogP) is 0.982. The monoisotopic (exact) mass is 230 g/mol. The molecule has 1 aliphatic rings. The average molecular weight is 230 g/mol. The third kappa shape index (κ3) is 1.89. The summed E-state index contributed by atoms with van der Waals surface area (Å²) in [6.07, 6.45) is 1.47. The smallest absolute Gasteiger partial charge is 0.191 e. The van der Waals surface area contributed by atoms with Gasteiger partial charge in [0.1, 0.15) is 11.6 Å². The Balaban J connectivity index is 1.79. The summed E-state index contributed by atoms with van der Waals surface area (Å²) >= 11 is 0. The maximum Gasteiger partial charge on any atom is 0.191 e. The molecule has 5 heteroatoms. The van der Waals surface area contributed by atoms with Crippen molar-refractivity contribution in [3.8, 4) is 5.75 Å². The van der Waals surface area contributed by atoms with Crippen LogP contribution in [-0.4, -0.2) is 21.7 Å². The van der Waals surface area contributed by atoms with Crippen molar-refractivity contribution in [2.45, 2.75) is 18.9 Å². The van der Waals surface area contributed by atoms with Crippen molar-refractivity contribution >= 4 is 0 Å². The Hall–Kier alpha value is -1.88. The Morgan fingerprint density at radius 1 is 1.41 bits per heavy atom. The van der Waals surface area contributed by atoms with Crippen LogP contribution in [0.4, 0.5) is 0 Å². The quantitative estimate of drug-likeness (QED) is 0.824. The molecule has 0 fully saturated rings. The lowest BCUT2D eigenvalue weighted by Gasteiger charge is -2.04. The second-order valence-corrected chi connectivity index (χ2v) is 4.10. The van der Waals surface area contributed by atoms with Crippen molar-refractivity contribution in [2.24, 2.45) is 5.73 Å². The molecule has 3 N–H and O–H groups in total. The molecular weight excluding hydrogens is 216 g/mol. The fourth-order valence-corrected chi connectivity index (χ4v) is 2.03. The van der Waals surface area contributed by atoms with E-state index in [1.165, 1.54) is 5.56 Å². The SMILES string of the molecule is NCCc1nc(C2Cc3ccccc3O2)n[nH]1. The lowest BCUT2D eigenvalue weighted by Crippen LogP contribution is -2.06. The van der Waals surface area contributed by atoms with Crippen molar-refractivity contribution in [1.82, 2.24) is 15.2 Å². The molecule has 0 bridgehead atoms. The van der Waals surface area contributed by atoms with Crippen LogP contribution in [0.25, 0.3) is 0 Å². The lowest BCUT2D eigenvalue weighted by atomic mass is 10.1. The topological polar surface area (TPSA) is 76.8 Å². The fraction of sp³-hybridized carbons (Fsp3) is 0.333. The van der Waals surface area contributed by atoms with Crippen LogP contribution in [-0.2, 0) is 12.8 Å². The highest BCUT2D eigenvalue weighted by Gasteiger charge is 2.27. The Labute approximate surface area is 99.0 Å². The molecule has 2 aromatic rings. The Morgan fingerprint density at radius 2 is 2.29 bits per heavy atom. The number of H-pyrrole nitrogens is 1. The van der Waals surface area contributed by atoms with Gasteiger partial charge in [0.2, 0.25) is 0 Å². The third-order valence-electron chi connectivity index (χ3n) is 2.87. The number of aromatic amines is 1. The molecule has 0 saturated heterocycles. The Bertz CT molecular complexity index is 498. The van der Waals surface area contributed by atoms with Crippen molar-refractivity contribution in [3.05, 3.63) is 41.5 Å². The molecule has 3 rings (SSSR count). The molecule has 1 unspecified atom stereocenters. The molecule has 0 radical (unpaired) electrons. The number of hydrogen-bond donors (Lipinski definition) is 2.